The molecular weight excluding hydrogens is 312 g/mol. The van der Waals surface area contributed by atoms with E-state index in [0.717, 1.165) is 16.7 Å². The Morgan fingerprint density at radius 1 is 1.05 bits per heavy atom. The minimum atomic E-state index is 0.309. The molecule has 1 aliphatic heterocycles. The van der Waals surface area contributed by atoms with Crippen LogP contribution in [-0.2, 0) is 4.74 Å². The van der Waals surface area contributed by atoms with Gasteiger partial charge in [-0.15, -0.1) is 0 Å². The van der Waals surface area contributed by atoms with Crippen LogP contribution in [0.15, 0.2) is 0 Å². The summed E-state index contributed by atoms with van der Waals surface area (Å²) in [6.07, 6.45) is 17.0. The Bertz CT molecular complexity index is 311. The molecule has 2 aliphatic carbocycles. The highest BCUT2D eigenvalue weighted by Crippen LogP contribution is 2.45. The first-order valence-corrected chi connectivity index (χ1v) is 9.94. The van der Waals surface area contributed by atoms with Gasteiger partial charge in [-0.25, -0.2) is 0 Å². The maximum absolute atomic E-state index is 6.59. The highest BCUT2D eigenvalue weighted by molar-refractivity contribution is 9.09. The zero-order valence-corrected chi connectivity index (χ0v) is 14.7. The van der Waals surface area contributed by atoms with Crippen molar-refractivity contribution in [3.63, 3.8) is 0 Å². The lowest BCUT2D eigenvalue weighted by Gasteiger charge is -2.36. The smallest absolute Gasteiger partial charge is 0.0687 e. The summed E-state index contributed by atoms with van der Waals surface area (Å²) in [5, 5.41) is 0. The fourth-order valence-corrected chi connectivity index (χ4v) is 5.60. The minimum Gasteiger partial charge on any atom is -0.372 e. The topological polar surface area (TPSA) is 9.23 Å². The van der Waals surface area contributed by atoms with Gasteiger partial charge in [0.25, 0.3) is 0 Å². The summed E-state index contributed by atoms with van der Waals surface area (Å²) in [4.78, 5) is 0.747. The van der Waals surface area contributed by atoms with E-state index in [1.807, 2.05) is 0 Å². The quantitative estimate of drug-likeness (QED) is 0.584. The van der Waals surface area contributed by atoms with Gasteiger partial charge in [0.05, 0.1) is 11.7 Å². The average Bonchev–Trinajstić information content (AvgIpc) is 2.84. The van der Waals surface area contributed by atoms with Crippen molar-refractivity contribution in [2.45, 2.75) is 101 Å². The predicted octanol–water partition coefficient (Wildman–Crippen LogP) is 5.85. The van der Waals surface area contributed by atoms with Crippen LogP contribution >= 0.6 is 15.9 Å². The van der Waals surface area contributed by atoms with Crippen LogP contribution in [0.5, 0.6) is 0 Å². The standard InChI is InChI=1S/C18H31BrO/c1-2-14-6-7-17(19)15(12-14)13-16-8-11-18(20-16)9-4-3-5-10-18/h14-17H,2-13H2,1H3. The van der Waals surface area contributed by atoms with E-state index in [2.05, 4.69) is 22.9 Å². The molecule has 3 aliphatic rings. The molecule has 3 rings (SSSR count). The van der Waals surface area contributed by atoms with Crippen molar-refractivity contribution in [3.8, 4) is 0 Å². The van der Waals surface area contributed by atoms with E-state index in [0.29, 0.717) is 11.7 Å². The van der Waals surface area contributed by atoms with Crippen molar-refractivity contribution in [3.05, 3.63) is 0 Å². The molecule has 1 heterocycles. The Balaban J connectivity index is 1.53. The fraction of sp³-hybridized carbons (Fsp3) is 1.00. The van der Waals surface area contributed by atoms with Gasteiger partial charge in [-0.2, -0.15) is 0 Å². The molecule has 1 spiro atoms. The number of hydrogen-bond donors (Lipinski definition) is 0. The first-order chi connectivity index (χ1) is 9.71. The van der Waals surface area contributed by atoms with Gasteiger partial charge in [0.2, 0.25) is 0 Å². The molecule has 116 valence electrons. The summed E-state index contributed by atoms with van der Waals surface area (Å²) in [5.74, 6) is 1.83. The molecule has 20 heavy (non-hydrogen) atoms. The molecule has 0 amide bonds. The SMILES string of the molecule is CCC1CCC(Br)C(CC2CCC3(CCCCC3)O2)C1. The zero-order chi connectivity index (χ0) is 14.0. The van der Waals surface area contributed by atoms with Crippen molar-refractivity contribution in [2.75, 3.05) is 0 Å². The lowest BCUT2D eigenvalue weighted by atomic mass is 9.77. The number of rotatable bonds is 3. The third-order valence-electron chi connectivity index (χ3n) is 6.24. The van der Waals surface area contributed by atoms with E-state index in [-0.39, 0.29) is 0 Å². The van der Waals surface area contributed by atoms with Crippen LogP contribution in [0.2, 0.25) is 0 Å². The number of halogens is 1. The van der Waals surface area contributed by atoms with Gasteiger partial charge < -0.3 is 4.74 Å². The second-order valence-electron chi connectivity index (χ2n) is 7.62. The molecule has 1 nitrogen and oxygen atoms in total. The molecule has 4 unspecified atom stereocenters. The fourth-order valence-electron chi connectivity index (χ4n) is 4.90. The van der Waals surface area contributed by atoms with E-state index in [4.69, 9.17) is 4.74 Å². The Morgan fingerprint density at radius 3 is 2.60 bits per heavy atom. The van der Waals surface area contributed by atoms with Gasteiger partial charge in [-0.1, -0.05) is 48.5 Å². The molecule has 2 heteroatoms. The van der Waals surface area contributed by atoms with Crippen LogP contribution in [0, 0.1) is 11.8 Å². The Hall–Kier alpha value is 0.440. The number of ether oxygens (including phenoxy) is 1. The number of alkyl halides is 1. The van der Waals surface area contributed by atoms with Gasteiger partial charge in [-0.3, -0.25) is 0 Å². The largest absolute Gasteiger partial charge is 0.372 e. The van der Waals surface area contributed by atoms with Crippen LogP contribution in [0.3, 0.4) is 0 Å². The molecule has 0 N–H and O–H groups in total. The maximum Gasteiger partial charge on any atom is 0.0687 e. The highest BCUT2D eigenvalue weighted by Gasteiger charge is 2.42. The van der Waals surface area contributed by atoms with Gasteiger partial charge >= 0.3 is 0 Å². The first-order valence-electron chi connectivity index (χ1n) is 9.03. The van der Waals surface area contributed by atoms with E-state index in [1.165, 1.54) is 77.0 Å². The molecule has 0 bridgehead atoms. The van der Waals surface area contributed by atoms with Gasteiger partial charge in [0.15, 0.2) is 0 Å². The summed E-state index contributed by atoms with van der Waals surface area (Å²) < 4.78 is 6.59. The molecule has 1 saturated heterocycles. The lowest BCUT2D eigenvalue weighted by molar-refractivity contribution is -0.0713. The van der Waals surface area contributed by atoms with Crippen molar-refractivity contribution >= 4 is 15.9 Å². The second kappa shape index (κ2) is 6.69. The van der Waals surface area contributed by atoms with Gasteiger partial charge in [0, 0.05) is 4.83 Å². The maximum atomic E-state index is 6.59. The third kappa shape index (κ3) is 3.43. The molecular formula is C18H31BrO. The summed E-state index contributed by atoms with van der Waals surface area (Å²) in [6.45, 7) is 2.36. The first kappa shape index (κ1) is 15.3. The van der Waals surface area contributed by atoms with Crippen LogP contribution in [-0.4, -0.2) is 16.5 Å². The second-order valence-corrected chi connectivity index (χ2v) is 8.80. The summed E-state index contributed by atoms with van der Waals surface area (Å²) >= 11 is 3.95. The molecule has 2 saturated carbocycles. The van der Waals surface area contributed by atoms with Gasteiger partial charge in [0.1, 0.15) is 0 Å². The molecule has 0 radical (unpaired) electrons. The normalized spacial score (nSPS) is 41.1. The van der Waals surface area contributed by atoms with Crippen LogP contribution in [0.1, 0.15) is 84.0 Å². The number of hydrogen-bond acceptors (Lipinski definition) is 1. The molecule has 0 aromatic carbocycles. The highest BCUT2D eigenvalue weighted by atomic mass is 79.9. The predicted molar refractivity (Wildman–Crippen MR) is 88.4 cm³/mol. The summed E-state index contributed by atoms with van der Waals surface area (Å²) in [7, 11) is 0. The monoisotopic (exact) mass is 342 g/mol. The third-order valence-corrected chi connectivity index (χ3v) is 7.45. The van der Waals surface area contributed by atoms with Crippen molar-refractivity contribution in [1.82, 2.24) is 0 Å². The average molecular weight is 343 g/mol. The Morgan fingerprint density at radius 2 is 1.85 bits per heavy atom. The van der Waals surface area contributed by atoms with E-state index in [1.54, 1.807) is 0 Å². The lowest BCUT2D eigenvalue weighted by Crippen LogP contribution is -2.33. The van der Waals surface area contributed by atoms with Crippen LogP contribution < -0.4 is 0 Å². The van der Waals surface area contributed by atoms with Crippen LogP contribution in [0.4, 0.5) is 0 Å². The van der Waals surface area contributed by atoms with Crippen LogP contribution in [0.25, 0.3) is 0 Å². The molecule has 0 aromatic heterocycles. The molecule has 3 fully saturated rings. The Kier molecular flexibility index (Phi) is 5.13. The van der Waals surface area contributed by atoms with E-state index < -0.39 is 0 Å². The summed E-state index contributed by atoms with van der Waals surface area (Å²) in [6, 6.07) is 0. The van der Waals surface area contributed by atoms with Crippen molar-refractivity contribution < 1.29 is 4.74 Å². The zero-order valence-electron chi connectivity index (χ0n) is 13.1. The Labute approximate surface area is 133 Å². The van der Waals surface area contributed by atoms with E-state index >= 15 is 0 Å². The molecule has 4 atom stereocenters. The van der Waals surface area contributed by atoms with Crippen molar-refractivity contribution in [1.29, 1.82) is 0 Å². The van der Waals surface area contributed by atoms with Gasteiger partial charge in [-0.05, 0) is 63.2 Å². The molecule has 0 aromatic rings. The van der Waals surface area contributed by atoms with E-state index in [9.17, 15) is 0 Å². The summed E-state index contributed by atoms with van der Waals surface area (Å²) in [5.41, 5.74) is 0.309. The minimum absolute atomic E-state index is 0.309. The van der Waals surface area contributed by atoms with Crippen molar-refractivity contribution in [2.24, 2.45) is 11.8 Å².